The Bertz CT molecular complexity index is 164. The molecule has 0 amide bonds. The Kier molecular flexibility index (Phi) is 3.70. The van der Waals surface area contributed by atoms with Crippen LogP contribution in [0.15, 0.2) is 28.9 Å². The van der Waals surface area contributed by atoms with Gasteiger partial charge in [-0.15, -0.1) is 0 Å². The number of hydrogen-bond donors (Lipinski definition) is 0. The molecule has 0 saturated heterocycles. The molecule has 0 fully saturated rings. The fourth-order valence-electron chi connectivity index (χ4n) is 0.867. The second-order valence-corrected chi connectivity index (χ2v) is 2.59. The molecule has 0 aromatic rings. The molecular formula is C9H15N. The molecule has 0 aromatic carbocycles. The molecule has 0 N–H and O–H groups in total. The van der Waals surface area contributed by atoms with Crippen molar-refractivity contribution >= 4 is 6.72 Å². The molecular weight excluding hydrogens is 122 g/mol. The van der Waals surface area contributed by atoms with Crippen LogP contribution in [0.5, 0.6) is 0 Å². The van der Waals surface area contributed by atoms with Gasteiger partial charge in [0.25, 0.3) is 0 Å². The van der Waals surface area contributed by atoms with Crippen LogP contribution in [0, 0.1) is 5.92 Å². The van der Waals surface area contributed by atoms with Gasteiger partial charge in [-0.2, -0.15) is 0 Å². The zero-order valence-electron chi connectivity index (χ0n) is 7.02. The summed E-state index contributed by atoms with van der Waals surface area (Å²) in [7, 11) is 0. The summed E-state index contributed by atoms with van der Waals surface area (Å²) in [5.41, 5.74) is 2.15. The van der Waals surface area contributed by atoms with Gasteiger partial charge in [0.1, 0.15) is 0 Å². The van der Waals surface area contributed by atoms with E-state index in [1.54, 1.807) is 0 Å². The quantitative estimate of drug-likeness (QED) is 0.419. The number of aliphatic imine (C=N–C) groups is 1. The molecule has 0 rings (SSSR count). The first-order valence-electron chi connectivity index (χ1n) is 3.43. The first-order valence-corrected chi connectivity index (χ1v) is 3.43. The van der Waals surface area contributed by atoms with Crippen molar-refractivity contribution in [3.05, 3.63) is 23.9 Å². The first-order chi connectivity index (χ1) is 4.63. The fourth-order valence-corrected chi connectivity index (χ4v) is 0.867. The zero-order valence-corrected chi connectivity index (χ0v) is 7.02. The summed E-state index contributed by atoms with van der Waals surface area (Å²) in [5, 5.41) is 0. The first kappa shape index (κ1) is 9.15. The van der Waals surface area contributed by atoms with Crippen molar-refractivity contribution in [1.82, 2.24) is 0 Å². The van der Waals surface area contributed by atoms with Gasteiger partial charge in [0.2, 0.25) is 0 Å². The predicted octanol–water partition coefficient (Wildman–Crippen LogP) is 2.80. The Hall–Kier alpha value is -0.850. The number of rotatable bonds is 3. The molecule has 0 aliphatic heterocycles. The third-order valence-electron chi connectivity index (χ3n) is 1.43. The van der Waals surface area contributed by atoms with E-state index in [4.69, 9.17) is 0 Å². The minimum Gasteiger partial charge on any atom is -0.269 e. The summed E-state index contributed by atoms with van der Waals surface area (Å²) in [4.78, 5) is 3.92. The van der Waals surface area contributed by atoms with E-state index in [-0.39, 0.29) is 0 Å². The second-order valence-electron chi connectivity index (χ2n) is 2.59. The lowest BCUT2D eigenvalue weighted by atomic mass is 10.1. The molecule has 56 valence electrons. The Morgan fingerprint density at radius 1 is 1.50 bits per heavy atom. The van der Waals surface area contributed by atoms with Crippen molar-refractivity contribution in [3.63, 3.8) is 0 Å². The van der Waals surface area contributed by atoms with Gasteiger partial charge in [0, 0.05) is 5.70 Å². The molecule has 0 aromatic heterocycles. The summed E-state index contributed by atoms with van der Waals surface area (Å²) in [6.45, 7) is 13.3. The average molecular weight is 137 g/mol. The Balaban J connectivity index is 4.61. The lowest BCUT2D eigenvalue weighted by Gasteiger charge is -2.06. The van der Waals surface area contributed by atoms with E-state index in [0.717, 1.165) is 11.3 Å². The predicted molar refractivity (Wildman–Crippen MR) is 47.3 cm³/mol. The van der Waals surface area contributed by atoms with Crippen LogP contribution in [0.1, 0.15) is 20.8 Å². The van der Waals surface area contributed by atoms with Gasteiger partial charge in [0.05, 0.1) is 0 Å². The highest BCUT2D eigenvalue weighted by atomic mass is 14.7. The molecule has 0 saturated carbocycles. The molecule has 0 aliphatic rings. The van der Waals surface area contributed by atoms with E-state index in [1.165, 1.54) is 0 Å². The molecule has 0 spiro atoms. The molecule has 10 heavy (non-hydrogen) atoms. The SMILES string of the molecule is C=C/C(C)=C(\N=C)C(C)C. The Morgan fingerprint density at radius 2 is 2.00 bits per heavy atom. The maximum atomic E-state index is 3.92. The Morgan fingerprint density at radius 3 is 2.10 bits per heavy atom. The van der Waals surface area contributed by atoms with Gasteiger partial charge in [-0.1, -0.05) is 26.5 Å². The molecule has 0 radical (unpaired) electrons. The van der Waals surface area contributed by atoms with Crippen molar-refractivity contribution in [2.45, 2.75) is 20.8 Å². The smallest absolute Gasteiger partial charge is 0.0450 e. The summed E-state index contributed by atoms with van der Waals surface area (Å²) in [6.07, 6.45) is 1.81. The summed E-state index contributed by atoms with van der Waals surface area (Å²) < 4.78 is 0. The number of nitrogens with zero attached hydrogens (tertiary/aromatic N) is 1. The highest BCUT2D eigenvalue weighted by Gasteiger charge is 2.01. The van der Waals surface area contributed by atoms with Crippen LogP contribution in [0.3, 0.4) is 0 Å². The highest BCUT2D eigenvalue weighted by molar-refractivity contribution is 5.33. The molecule has 0 atom stereocenters. The number of allylic oxidation sites excluding steroid dienone is 3. The standard InChI is InChI=1S/C9H15N/c1-6-8(4)9(10-5)7(2)3/h6-7H,1,5H2,2-4H3/b9-8-. The van der Waals surface area contributed by atoms with Crippen molar-refractivity contribution < 1.29 is 0 Å². The molecule has 0 bridgehead atoms. The Labute approximate surface area is 63.2 Å². The van der Waals surface area contributed by atoms with E-state index in [0.29, 0.717) is 5.92 Å². The van der Waals surface area contributed by atoms with Crippen molar-refractivity contribution in [2.24, 2.45) is 10.9 Å². The monoisotopic (exact) mass is 137 g/mol. The van der Waals surface area contributed by atoms with Crippen LogP contribution in [0.2, 0.25) is 0 Å². The fraction of sp³-hybridized carbons (Fsp3) is 0.444. The molecule has 0 heterocycles. The lowest BCUT2D eigenvalue weighted by Crippen LogP contribution is -1.92. The van der Waals surface area contributed by atoms with Crippen molar-refractivity contribution in [2.75, 3.05) is 0 Å². The van der Waals surface area contributed by atoms with Crippen molar-refractivity contribution in [1.29, 1.82) is 0 Å². The molecule has 1 heteroatoms. The van der Waals surface area contributed by atoms with Crippen LogP contribution in [-0.4, -0.2) is 6.72 Å². The van der Waals surface area contributed by atoms with Gasteiger partial charge in [-0.3, -0.25) is 4.99 Å². The lowest BCUT2D eigenvalue weighted by molar-refractivity contribution is 0.751. The molecule has 1 nitrogen and oxygen atoms in total. The van der Waals surface area contributed by atoms with E-state index in [1.807, 2.05) is 13.0 Å². The van der Waals surface area contributed by atoms with E-state index < -0.39 is 0 Å². The number of hydrogen-bond acceptors (Lipinski definition) is 1. The summed E-state index contributed by atoms with van der Waals surface area (Å²) in [6, 6.07) is 0. The van der Waals surface area contributed by atoms with Crippen LogP contribution in [-0.2, 0) is 0 Å². The van der Waals surface area contributed by atoms with Gasteiger partial charge < -0.3 is 0 Å². The maximum Gasteiger partial charge on any atom is 0.0450 e. The van der Waals surface area contributed by atoms with Gasteiger partial charge in [-0.05, 0) is 25.1 Å². The second kappa shape index (κ2) is 4.04. The molecule has 0 unspecified atom stereocenters. The topological polar surface area (TPSA) is 12.4 Å². The average Bonchev–Trinajstić information content (AvgIpc) is 1.88. The van der Waals surface area contributed by atoms with Crippen LogP contribution >= 0.6 is 0 Å². The van der Waals surface area contributed by atoms with Crippen molar-refractivity contribution in [3.8, 4) is 0 Å². The van der Waals surface area contributed by atoms with Gasteiger partial charge in [-0.25, -0.2) is 0 Å². The third-order valence-corrected chi connectivity index (χ3v) is 1.43. The van der Waals surface area contributed by atoms with Gasteiger partial charge >= 0.3 is 0 Å². The van der Waals surface area contributed by atoms with E-state index in [9.17, 15) is 0 Å². The zero-order chi connectivity index (χ0) is 8.15. The third kappa shape index (κ3) is 2.18. The van der Waals surface area contributed by atoms with Gasteiger partial charge in [0.15, 0.2) is 0 Å². The maximum absolute atomic E-state index is 3.92. The normalized spacial score (nSPS) is 12.8. The summed E-state index contributed by atoms with van der Waals surface area (Å²) >= 11 is 0. The van der Waals surface area contributed by atoms with E-state index in [2.05, 4.69) is 32.1 Å². The summed E-state index contributed by atoms with van der Waals surface area (Å²) in [5.74, 6) is 0.440. The minimum absolute atomic E-state index is 0.440. The van der Waals surface area contributed by atoms with Crippen LogP contribution < -0.4 is 0 Å². The van der Waals surface area contributed by atoms with E-state index >= 15 is 0 Å². The highest BCUT2D eigenvalue weighted by Crippen LogP contribution is 2.15. The van der Waals surface area contributed by atoms with Crippen LogP contribution in [0.25, 0.3) is 0 Å². The largest absolute Gasteiger partial charge is 0.269 e. The molecule has 0 aliphatic carbocycles. The van der Waals surface area contributed by atoms with Crippen LogP contribution in [0.4, 0.5) is 0 Å². The minimum atomic E-state index is 0.440.